The first-order valence-electron chi connectivity index (χ1n) is 4.30. The largest absolute Gasteiger partial charge is 0.366 e. The zero-order chi connectivity index (χ0) is 9.10. The molecule has 2 heterocycles. The molecule has 1 fully saturated rings. The molecule has 0 spiro atoms. The van der Waals surface area contributed by atoms with Crippen molar-refractivity contribution in [3.05, 3.63) is 17.5 Å². The first kappa shape index (κ1) is 8.72. The van der Waals surface area contributed by atoms with Crippen LogP contribution < -0.4 is 10.6 Å². The monoisotopic (exact) mass is 198 g/mol. The molecule has 4 nitrogen and oxygen atoms in total. The molecule has 0 bridgehead atoms. The quantitative estimate of drug-likeness (QED) is 0.694. The topological polar surface area (TPSA) is 49.8 Å². The summed E-state index contributed by atoms with van der Waals surface area (Å²) in [5.41, 5.74) is 0. The minimum atomic E-state index is 0.288. The third-order valence-electron chi connectivity index (χ3n) is 2.04. The van der Waals surface area contributed by atoms with Crippen molar-refractivity contribution in [2.24, 2.45) is 0 Å². The number of halogens is 1. The predicted molar refractivity (Wildman–Crippen MR) is 51.9 cm³/mol. The summed E-state index contributed by atoms with van der Waals surface area (Å²) < 4.78 is 0. The summed E-state index contributed by atoms with van der Waals surface area (Å²) in [6.07, 6.45) is 2.78. The van der Waals surface area contributed by atoms with E-state index in [9.17, 15) is 0 Å². The van der Waals surface area contributed by atoms with Crippen LogP contribution in [0.25, 0.3) is 0 Å². The summed E-state index contributed by atoms with van der Waals surface area (Å²) in [7, 11) is 0. The van der Waals surface area contributed by atoms with E-state index < -0.39 is 0 Å². The molecule has 0 amide bonds. The van der Waals surface area contributed by atoms with Crippen LogP contribution in [-0.4, -0.2) is 29.1 Å². The fraction of sp³-hybridized carbons (Fsp3) is 0.500. The number of hydrogen-bond acceptors (Lipinski definition) is 4. The van der Waals surface area contributed by atoms with E-state index in [0.29, 0.717) is 6.04 Å². The average molecular weight is 199 g/mol. The Morgan fingerprint density at radius 2 is 2.54 bits per heavy atom. The van der Waals surface area contributed by atoms with Gasteiger partial charge in [0.1, 0.15) is 5.82 Å². The summed E-state index contributed by atoms with van der Waals surface area (Å²) in [6.45, 7) is 2.05. The van der Waals surface area contributed by atoms with Crippen LogP contribution in [0.1, 0.15) is 6.42 Å². The van der Waals surface area contributed by atoms with Crippen LogP contribution in [0, 0.1) is 0 Å². The molecule has 1 saturated heterocycles. The zero-order valence-corrected chi connectivity index (χ0v) is 7.88. The number of nitrogens with zero attached hydrogens (tertiary/aromatic N) is 2. The average Bonchev–Trinajstić information content (AvgIpc) is 2.57. The van der Waals surface area contributed by atoms with E-state index in [4.69, 9.17) is 11.6 Å². The van der Waals surface area contributed by atoms with Crippen molar-refractivity contribution in [3.63, 3.8) is 0 Å². The number of anilines is 1. The standard InChI is InChI=1S/C8H11ClN4/c9-8-11-4-2-7(13-8)12-6-1-3-10-5-6/h2,4,6,10H,1,3,5H2,(H,11,12,13)/t6-/m0/s1. The summed E-state index contributed by atoms with van der Waals surface area (Å²) in [6, 6.07) is 2.29. The van der Waals surface area contributed by atoms with Crippen LogP contribution in [0.2, 0.25) is 5.28 Å². The number of aromatic nitrogens is 2. The highest BCUT2D eigenvalue weighted by atomic mass is 35.5. The van der Waals surface area contributed by atoms with Gasteiger partial charge >= 0.3 is 0 Å². The fourth-order valence-electron chi connectivity index (χ4n) is 1.40. The van der Waals surface area contributed by atoms with Crippen molar-refractivity contribution in [1.29, 1.82) is 0 Å². The van der Waals surface area contributed by atoms with Gasteiger partial charge in [-0.3, -0.25) is 0 Å². The lowest BCUT2D eigenvalue weighted by molar-refractivity contribution is 0.787. The molecule has 5 heteroatoms. The highest BCUT2D eigenvalue weighted by Gasteiger charge is 2.14. The van der Waals surface area contributed by atoms with E-state index in [1.165, 1.54) is 0 Å². The fourth-order valence-corrected chi connectivity index (χ4v) is 1.55. The van der Waals surface area contributed by atoms with E-state index in [0.717, 1.165) is 25.3 Å². The van der Waals surface area contributed by atoms with Gasteiger partial charge in [0.2, 0.25) is 5.28 Å². The third kappa shape index (κ3) is 2.29. The molecule has 1 atom stereocenters. The zero-order valence-electron chi connectivity index (χ0n) is 7.13. The van der Waals surface area contributed by atoms with E-state index in [1.807, 2.05) is 6.07 Å². The van der Waals surface area contributed by atoms with Gasteiger partial charge in [0.25, 0.3) is 0 Å². The maximum absolute atomic E-state index is 5.65. The lowest BCUT2D eigenvalue weighted by Gasteiger charge is -2.11. The minimum absolute atomic E-state index is 0.288. The number of nitrogens with one attached hydrogen (secondary N) is 2. The Labute approximate surface area is 81.7 Å². The van der Waals surface area contributed by atoms with Gasteiger partial charge in [-0.15, -0.1) is 0 Å². The Morgan fingerprint density at radius 3 is 3.23 bits per heavy atom. The van der Waals surface area contributed by atoms with Crippen LogP contribution in [-0.2, 0) is 0 Å². The van der Waals surface area contributed by atoms with Gasteiger partial charge in [-0.05, 0) is 30.6 Å². The van der Waals surface area contributed by atoms with Crippen molar-refractivity contribution < 1.29 is 0 Å². The van der Waals surface area contributed by atoms with E-state index >= 15 is 0 Å². The maximum atomic E-state index is 5.65. The second-order valence-corrected chi connectivity index (χ2v) is 3.38. The molecule has 1 aliphatic rings. The van der Waals surface area contributed by atoms with Crippen molar-refractivity contribution in [2.75, 3.05) is 18.4 Å². The van der Waals surface area contributed by atoms with Gasteiger partial charge < -0.3 is 10.6 Å². The molecule has 0 unspecified atom stereocenters. The SMILES string of the molecule is Clc1nccc(N[C@H]2CCNC2)n1. The molecular weight excluding hydrogens is 188 g/mol. The van der Waals surface area contributed by atoms with Crippen molar-refractivity contribution in [3.8, 4) is 0 Å². The lowest BCUT2D eigenvalue weighted by Crippen LogP contribution is -2.22. The Bertz CT molecular complexity index is 285. The Hall–Kier alpha value is -0.870. The molecule has 13 heavy (non-hydrogen) atoms. The smallest absolute Gasteiger partial charge is 0.224 e. The molecule has 0 aliphatic carbocycles. The van der Waals surface area contributed by atoms with Crippen LogP contribution >= 0.6 is 11.6 Å². The molecule has 70 valence electrons. The lowest BCUT2D eigenvalue weighted by atomic mass is 10.2. The highest BCUT2D eigenvalue weighted by Crippen LogP contribution is 2.09. The van der Waals surface area contributed by atoms with E-state index in [-0.39, 0.29) is 5.28 Å². The maximum Gasteiger partial charge on any atom is 0.224 e. The second-order valence-electron chi connectivity index (χ2n) is 3.04. The normalized spacial score (nSPS) is 21.8. The predicted octanol–water partition coefficient (Wildman–Crippen LogP) is 0.904. The van der Waals surface area contributed by atoms with Crippen molar-refractivity contribution in [1.82, 2.24) is 15.3 Å². The van der Waals surface area contributed by atoms with E-state index in [2.05, 4.69) is 20.6 Å². The molecule has 2 rings (SSSR count). The summed E-state index contributed by atoms with van der Waals surface area (Å²) >= 11 is 5.65. The molecule has 0 aromatic carbocycles. The summed E-state index contributed by atoms with van der Waals surface area (Å²) in [5.74, 6) is 0.800. The molecule has 1 aromatic rings. The Morgan fingerprint density at radius 1 is 1.62 bits per heavy atom. The van der Waals surface area contributed by atoms with Crippen LogP contribution in [0.4, 0.5) is 5.82 Å². The Kier molecular flexibility index (Phi) is 2.61. The minimum Gasteiger partial charge on any atom is -0.366 e. The van der Waals surface area contributed by atoms with Gasteiger partial charge in [0, 0.05) is 18.8 Å². The number of hydrogen-bond donors (Lipinski definition) is 2. The summed E-state index contributed by atoms with van der Waals surface area (Å²) in [5, 5.41) is 6.84. The molecule has 0 saturated carbocycles. The third-order valence-corrected chi connectivity index (χ3v) is 2.22. The van der Waals surface area contributed by atoms with Crippen LogP contribution in [0.3, 0.4) is 0 Å². The van der Waals surface area contributed by atoms with Gasteiger partial charge in [0.05, 0.1) is 0 Å². The Balaban J connectivity index is 2.00. The number of rotatable bonds is 2. The second kappa shape index (κ2) is 3.89. The molecule has 0 radical (unpaired) electrons. The van der Waals surface area contributed by atoms with Crippen molar-refractivity contribution in [2.45, 2.75) is 12.5 Å². The van der Waals surface area contributed by atoms with Gasteiger partial charge in [0.15, 0.2) is 0 Å². The van der Waals surface area contributed by atoms with Crippen LogP contribution in [0.15, 0.2) is 12.3 Å². The van der Waals surface area contributed by atoms with Crippen LogP contribution in [0.5, 0.6) is 0 Å². The van der Waals surface area contributed by atoms with Gasteiger partial charge in [-0.1, -0.05) is 0 Å². The molecular formula is C8H11ClN4. The van der Waals surface area contributed by atoms with E-state index in [1.54, 1.807) is 6.20 Å². The van der Waals surface area contributed by atoms with Gasteiger partial charge in [-0.2, -0.15) is 0 Å². The molecule has 1 aromatic heterocycles. The first-order chi connectivity index (χ1) is 6.34. The highest BCUT2D eigenvalue weighted by molar-refractivity contribution is 6.28. The first-order valence-corrected chi connectivity index (χ1v) is 4.68. The summed E-state index contributed by atoms with van der Waals surface area (Å²) in [4.78, 5) is 7.87. The van der Waals surface area contributed by atoms with Gasteiger partial charge in [-0.25, -0.2) is 9.97 Å². The molecule has 1 aliphatic heterocycles. The molecule has 2 N–H and O–H groups in total. The van der Waals surface area contributed by atoms with Crippen molar-refractivity contribution >= 4 is 17.4 Å².